The summed E-state index contributed by atoms with van der Waals surface area (Å²) < 4.78 is 5.03. The Hall–Kier alpha value is -3.09. The maximum Gasteiger partial charge on any atom is 0.341 e. The average molecular weight is 382 g/mol. The number of allylic oxidation sites excluding steroid dienone is 2. The number of nitrogens with one attached hydrogen (secondary N) is 1. The lowest BCUT2D eigenvalue weighted by atomic mass is 9.80. The van der Waals surface area contributed by atoms with Gasteiger partial charge in [0.25, 0.3) is 0 Å². The number of ketones is 1. The van der Waals surface area contributed by atoms with Crippen LogP contribution in [0.5, 0.6) is 0 Å². The molecule has 0 aromatic heterocycles. The van der Waals surface area contributed by atoms with E-state index in [2.05, 4.69) is 5.32 Å². The first-order valence-corrected chi connectivity index (χ1v) is 8.91. The summed E-state index contributed by atoms with van der Waals surface area (Å²) in [5.41, 5.74) is 1.47. The van der Waals surface area contributed by atoms with Crippen LogP contribution < -0.4 is 5.32 Å². The lowest BCUT2D eigenvalue weighted by Crippen LogP contribution is -2.23. The minimum atomic E-state index is -0.626. The number of rotatable bonds is 5. The number of carbonyl (C=O) groups excluding carboxylic acids is 2. The molecule has 0 aliphatic heterocycles. The SMILES string of the molecule is CCOC(=O)C1=CC(C2CC2)c2cc(Cl)c(NC=C(C#N)C#N)cc2C1=O. The zero-order valence-electron chi connectivity index (χ0n) is 14.6. The minimum absolute atomic E-state index is 0.0415. The number of hydrogen-bond acceptors (Lipinski definition) is 6. The van der Waals surface area contributed by atoms with Crippen LogP contribution in [0, 0.1) is 28.6 Å². The molecule has 136 valence electrons. The summed E-state index contributed by atoms with van der Waals surface area (Å²) in [7, 11) is 0. The number of benzene rings is 1. The first kappa shape index (κ1) is 18.7. The van der Waals surface area contributed by atoms with E-state index in [9.17, 15) is 9.59 Å². The second-order valence-corrected chi connectivity index (χ2v) is 6.75. The van der Waals surface area contributed by atoms with Gasteiger partial charge in [-0.25, -0.2) is 4.79 Å². The second kappa shape index (κ2) is 7.65. The number of carbonyl (C=O) groups is 2. The zero-order chi connectivity index (χ0) is 19.6. The van der Waals surface area contributed by atoms with Crippen molar-refractivity contribution in [3.8, 4) is 12.1 Å². The summed E-state index contributed by atoms with van der Waals surface area (Å²) in [6.07, 6.45) is 4.98. The van der Waals surface area contributed by atoms with E-state index in [1.807, 2.05) is 0 Å². The molecule has 1 N–H and O–H groups in total. The minimum Gasteiger partial charge on any atom is -0.462 e. The summed E-state index contributed by atoms with van der Waals surface area (Å²) >= 11 is 6.34. The van der Waals surface area contributed by atoms with E-state index in [-0.39, 0.29) is 23.7 Å². The van der Waals surface area contributed by atoms with E-state index >= 15 is 0 Å². The van der Waals surface area contributed by atoms with Gasteiger partial charge >= 0.3 is 5.97 Å². The van der Waals surface area contributed by atoms with Gasteiger partial charge in [-0.1, -0.05) is 17.7 Å². The van der Waals surface area contributed by atoms with E-state index < -0.39 is 11.8 Å². The molecule has 1 unspecified atom stereocenters. The number of halogens is 1. The highest BCUT2D eigenvalue weighted by molar-refractivity contribution is 6.34. The molecule has 1 atom stereocenters. The zero-order valence-corrected chi connectivity index (χ0v) is 15.3. The number of esters is 1. The summed E-state index contributed by atoms with van der Waals surface area (Å²) in [5.74, 6) is -0.725. The molecule has 3 rings (SSSR count). The Balaban J connectivity index is 2.03. The number of Topliss-reactive ketones (excluding diaryl/α,β-unsaturated/α-hetero) is 1. The van der Waals surface area contributed by atoms with Crippen LogP contribution in [-0.4, -0.2) is 18.4 Å². The van der Waals surface area contributed by atoms with Crippen molar-refractivity contribution in [2.24, 2.45) is 5.92 Å². The van der Waals surface area contributed by atoms with Crippen molar-refractivity contribution < 1.29 is 14.3 Å². The molecule has 1 aromatic carbocycles. The molecule has 2 aliphatic carbocycles. The maximum absolute atomic E-state index is 12.9. The number of hydrogen-bond donors (Lipinski definition) is 1. The molecule has 0 bridgehead atoms. The van der Waals surface area contributed by atoms with Crippen molar-refractivity contribution in [3.63, 3.8) is 0 Å². The number of ether oxygens (including phenoxy) is 1. The van der Waals surface area contributed by atoms with Gasteiger partial charge in [0, 0.05) is 17.7 Å². The number of fused-ring (bicyclic) bond motifs is 1. The molecule has 1 aromatic rings. The summed E-state index contributed by atoms with van der Waals surface area (Å²) in [6.45, 7) is 1.88. The topological polar surface area (TPSA) is 103 Å². The molecule has 0 radical (unpaired) electrons. The smallest absolute Gasteiger partial charge is 0.341 e. The van der Waals surface area contributed by atoms with Crippen LogP contribution in [0.2, 0.25) is 5.02 Å². The predicted molar refractivity (Wildman–Crippen MR) is 98.9 cm³/mol. The van der Waals surface area contributed by atoms with Gasteiger partial charge in [-0.05, 0) is 43.4 Å². The number of anilines is 1. The lowest BCUT2D eigenvalue weighted by molar-refractivity contribution is -0.138. The quantitative estimate of drug-likeness (QED) is 0.472. The van der Waals surface area contributed by atoms with Gasteiger partial charge in [-0.2, -0.15) is 10.5 Å². The first-order valence-electron chi connectivity index (χ1n) is 8.54. The number of nitriles is 2. The Labute approximate surface area is 161 Å². The van der Waals surface area contributed by atoms with Crippen molar-refractivity contribution >= 4 is 29.0 Å². The Morgan fingerprint density at radius 1 is 1.37 bits per heavy atom. The Bertz CT molecular complexity index is 946. The molecular formula is C20H16ClN3O3. The van der Waals surface area contributed by atoms with Gasteiger partial charge in [0.2, 0.25) is 0 Å². The predicted octanol–water partition coefficient (Wildman–Crippen LogP) is 3.86. The van der Waals surface area contributed by atoms with Gasteiger partial charge in [0.05, 0.1) is 17.3 Å². The molecule has 0 amide bonds. The fraction of sp³-hybridized carbons (Fsp3) is 0.300. The van der Waals surface area contributed by atoms with Gasteiger partial charge in [-0.15, -0.1) is 0 Å². The molecule has 27 heavy (non-hydrogen) atoms. The van der Waals surface area contributed by atoms with Crippen LogP contribution in [0.25, 0.3) is 0 Å². The van der Waals surface area contributed by atoms with Crippen molar-refractivity contribution in [1.82, 2.24) is 0 Å². The highest BCUT2D eigenvalue weighted by atomic mass is 35.5. The van der Waals surface area contributed by atoms with E-state index in [4.69, 9.17) is 26.9 Å². The Kier molecular flexibility index (Phi) is 5.30. The maximum atomic E-state index is 12.9. The van der Waals surface area contributed by atoms with E-state index in [0.29, 0.717) is 22.2 Å². The van der Waals surface area contributed by atoms with Crippen LogP contribution in [-0.2, 0) is 9.53 Å². The summed E-state index contributed by atoms with van der Waals surface area (Å²) in [6, 6.07) is 6.75. The number of nitrogens with zero attached hydrogens (tertiary/aromatic N) is 2. The molecule has 2 aliphatic rings. The molecule has 0 spiro atoms. The van der Waals surface area contributed by atoms with E-state index in [1.54, 1.807) is 37.3 Å². The van der Waals surface area contributed by atoms with Crippen LogP contribution in [0.4, 0.5) is 5.69 Å². The van der Waals surface area contributed by atoms with Crippen molar-refractivity contribution in [2.75, 3.05) is 11.9 Å². The van der Waals surface area contributed by atoms with E-state index in [1.165, 1.54) is 6.20 Å². The standard InChI is InChI=1S/C20H16ClN3O3/c1-2-27-20(26)16-5-13(12-3-4-12)14-6-17(21)18(7-15(14)19(16)25)24-10-11(8-22)9-23/h5-7,10,12-13,24H,2-4H2,1H3. The molecule has 7 heteroatoms. The van der Waals surface area contributed by atoms with E-state index in [0.717, 1.165) is 18.4 Å². The van der Waals surface area contributed by atoms with Crippen LogP contribution >= 0.6 is 11.6 Å². The summed E-state index contributed by atoms with van der Waals surface area (Å²) in [5, 5.41) is 20.8. The largest absolute Gasteiger partial charge is 0.462 e. The normalized spacial score (nSPS) is 17.7. The third-order valence-electron chi connectivity index (χ3n) is 4.57. The van der Waals surface area contributed by atoms with Gasteiger partial charge in [0.15, 0.2) is 5.78 Å². The fourth-order valence-corrected chi connectivity index (χ4v) is 3.34. The second-order valence-electron chi connectivity index (χ2n) is 6.34. The van der Waals surface area contributed by atoms with Crippen LogP contribution in [0.1, 0.15) is 41.6 Å². The Morgan fingerprint density at radius 2 is 2.07 bits per heavy atom. The molecule has 1 saturated carbocycles. The molecule has 6 nitrogen and oxygen atoms in total. The van der Waals surface area contributed by atoms with Crippen molar-refractivity contribution in [2.45, 2.75) is 25.7 Å². The molecule has 0 heterocycles. The Morgan fingerprint density at radius 3 is 2.67 bits per heavy atom. The van der Waals surface area contributed by atoms with Crippen LogP contribution in [0.15, 0.2) is 35.6 Å². The third kappa shape index (κ3) is 3.72. The van der Waals surface area contributed by atoms with Crippen LogP contribution in [0.3, 0.4) is 0 Å². The van der Waals surface area contributed by atoms with Crippen molar-refractivity contribution in [3.05, 3.63) is 51.7 Å². The average Bonchev–Trinajstić information content (AvgIpc) is 3.48. The van der Waals surface area contributed by atoms with Crippen molar-refractivity contribution in [1.29, 1.82) is 10.5 Å². The fourth-order valence-electron chi connectivity index (χ4n) is 3.12. The third-order valence-corrected chi connectivity index (χ3v) is 4.88. The molecule has 0 saturated heterocycles. The monoisotopic (exact) mass is 381 g/mol. The lowest BCUT2D eigenvalue weighted by Gasteiger charge is -2.24. The molecular weight excluding hydrogens is 366 g/mol. The highest BCUT2D eigenvalue weighted by Gasteiger charge is 2.39. The molecule has 1 fully saturated rings. The highest BCUT2D eigenvalue weighted by Crippen LogP contribution is 2.48. The van der Waals surface area contributed by atoms with Gasteiger partial charge in [0.1, 0.15) is 23.3 Å². The first-order chi connectivity index (χ1) is 13.0. The van der Waals surface area contributed by atoms with Gasteiger partial charge in [-0.3, -0.25) is 4.79 Å². The summed E-state index contributed by atoms with van der Waals surface area (Å²) in [4.78, 5) is 25.1. The van der Waals surface area contributed by atoms with Gasteiger partial charge < -0.3 is 10.1 Å².